The van der Waals surface area contributed by atoms with Crippen molar-refractivity contribution in [3.05, 3.63) is 138 Å². The first kappa shape index (κ1) is 107. The van der Waals surface area contributed by atoms with Gasteiger partial charge in [0.2, 0.25) is 88.6 Å². The van der Waals surface area contributed by atoms with Crippen LogP contribution in [0.15, 0.2) is 110 Å². The van der Waals surface area contributed by atoms with E-state index in [0.717, 1.165) is 0 Å². The second-order valence-electron chi connectivity index (χ2n) is 31.6. The Kier molecular flexibility index (Phi) is 44.4. The molecule has 47 heteroatoms. The third kappa shape index (κ3) is 37.9. The molecule has 0 radical (unpaired) electrons. The maximum absolute atomic E-state index is 14.9. The summed E-state index contributed by atoms with van der Waals surface area (Å²) in [5.74, 6) is -22.4. The van der Waals surface area contributed by atoms with Gasteiger partial charge in [-0.1, -0.05) is 76.2 Å². The smallest absolute Gasteiger partial charge is 0.326 e. The van der Waals surface area contributed by atoms with E-state index in [4.69, 9.17) is 34.1 Å². The van der Waals surface area contributed by atoms with Crippen molar-refractivity contribution in [1.29, 1.82) is 5.41 Å². The molecule has 0 spiro atoms. The summed E-state index contributed by atoms with van der Waals surface area (Å²) in [5.41, 5.74) is 30.4. The van der Waals surface area contributed by atoms with Crippen LogP contribution in [0.4, 0.5) is 0 Å². The number of guanidine groups is 1. The molecule has 0 fully saturated rings. The molecule has 0 saturated carbocycles. The van der Waals surface area contributed by atoms with E-state index in [9.17, 15) is 117 Å². The van der Waals surface area contributed by atoms with Crippen LogP contribution in [-0.2, 0) is 114 Å². The standard InChI is InChI=1S/C84H118N22O24S/c1-42(2)68(105-70(116)53(86)32-44-10-18-49(108)19-11-44)81(127)97-57(27-29-67(114)115)73(119)100-60(36-48-38-91-41-93-48)77(123)103-63(39-107)79(125)106-69(43(3)4)82(128)96-55(9-7-31-92-84(89)90)72(118)98-58(33-45-12-20-50(109)21-13-45)75(121)95-56(26-28-65(87)112)74(120)104-64(40-131)80(126)94-54(8-5-6-30-85)71(117)101-61(37-66(88)113)78(124)99-59(34-46-14-22-51(110)23-15-46)76(122)102-62(83(129)130)35-47-16-24-52(111)25-17-47/h10-25,38,41-43,53-64,68-69,107-111,131H,5-9,26-37,39-40,85-86H2,1-4H3,(H2,87,112)(H2,88,113)(H,91,93)(H,94,126)(H,95,121)(H,96,128)(H,97,127)(H,98,118)(H,99,124)(H,100,119)(H,101,117)(H,102,122)(H,103,123)(H,104,120)(H,105,116)(H,106,125)(H,114,115)(H,129,130)(H4,89,90,92)/t53-,54-,55-,56-,57-,58-,59-,60-,61-,62-,63-,64-,68-,69-/m0/s1. The zero-order chi connectivity index (χ0) is 97.3. The van der Waals surface area contributed by atoms with E-state index < -0.39 is 260 Å². The van der Waals surface area contributed by atoms with Crippen molar-refractivity contribution in [3.8, 4) is 23.0 Å². The summed E-state index contributed by atoms with van der Waals surface area (Å²) in [7, 11) is 0. The third-order valence-corrected chi connectivity index (χ3v) is 20.7. The van der Waals surface area contributed by atoms with Gasteiger partial charge in [0.05, 0.1) is 25.4 Å². The number of H-pyrrole nitrogens is 1. The first-order valence-corrected chi connectivity index (χ1v) is 42.4. The second kappa shape index (κ2) is 54.2. The number of nitrogens with one attached hydrogen (secondary N) is 16. The number of hydrogen-bond donors (Lipinski definition) is 29. The fourth-order valence-electron chi connectivity index (χ4n) is 13.0. The molecule has 0 aliphatic carbocycles. The fraction of sp³-hybridized carbons (Fsp3) is 0.464. The molecular formula is C84H118N22O24S. The van der Waals surface area contributed by atoms with Gasteiger partial charge in [-0.2, -0.15) is 12.6 Å². The van der Waals surface area contributed by atoms with Gasteiger partial charge < -0.3 is 144 Å². The molecule has 1 aromatic heterocycles. The van der Waals surface area contributed by atoms with Crippen molar-refractivity contribution in [1.82, 2.24) is 84.4 Å². The largest absolute Gasteiger partial charge is 0.508 e. The van der Waals surface area contributed by atoms with E-state index in [1.54, 1.807) is 13.8 Å². The predicted molar refractivity (Wildman–Crippen MR) is 472 cm³/mol. The minimum absolute atomic E-state index is 0.0117. The number of phenols is 4. The molecule has 1 heterocycles. The van der Waals surface area contributed by atoms with Crippen LogP contribution in [0.2, 0.25) is 0 Å². The molecule has 131 heavy (non-hydrogen) atoms. The molecule has 46 nitrogen and oxygen atoms in total. The van der Waals surface area contributed by atoms with Crippen LogP contribution in [0.25, 0.3) is 0 Å². The topological polar surface area (TPSA) is 783 Å². The minimum atomic E-state index is -1.93. The number of aromatic nitrogens is 2. The van der Waals surface area contributed by atoms with Crippen molar-refractivity contribution < 1.29 is 117 Å². The number of aliphatic carboxylic acids is 2. The summed E-state index contributed by atoms with van der Waals surface area (Å²) >= 11 is 4.28. The SMILES string of the molecule is CC(C)[C@H](NC(=O)[C@H](CO)NC(=O)[C@H](Cc1cnc[nH]1)NC(=O)[C@H](CCC(=O)O)NC(=O)[C@@H](NC(=O)[C@@H](N)Cc1ccc(O)cc1)C(C)C)C(=O)N[C@@H](CCCNC(=N)N)C(=O)N[C@@H](Cc1ccc(O)cc1)C(=O)N[C@@H](CCC(N)=O)C(=O)N[C@@H](CS)C(=O)N[C@@H](CCCCN)C(=O)N[C@@H](CC(N)=O)C(=O)N[C@@H](Cc1ccc(O)cc1)C(=O)N[C@@H](Cc1ccc(O)cc1)C(=O)O. The summed E-state index contributed by atoms with van der Waals surface area (Å²) in [5, 5.41) is 112. The fourth-order valence-corrected chi connectivity index (χ4v) is 13.3. The van der Waals surface area contributed by atoms with Crippen LogP contribution in [-0.4, -0.2) is 262 Å². The predicted octanol–water partition coefficient (Wildman–Crippen LogP) is -5.91. The Hall–Kier alpha value is -14.2. The zero-order valence-corrected chi connectivity index (χ0v) is 73.3. The molecule has 5 aromatic rings. The molecule has 0 aliphatic rings. The Morgan fingerprint density at radius 3 is 1.11 bits per heavy atom. The van der Waals surface area contributed by atoms with Gasteiger partial charge in [-0.05, 0) is 141 Å². The van der Waals surface area contributed by atoms with Crippen LogP contribution in [0.5, 0.6) is 23.0 Å². The minimum Gasteiger partial charge on any atom is -0.508 e. The first-order valence-electron chi connectivity index (χ1n) is 41.8. The number of thiol groups is 1. The van der Waals surface area contributed by atoms with Crippen LogP contribution in [0.1, 0.15) is 120 Å². The highest BCUT2D eigenvalue weighted by molar-refractivity contribution is 7.80. The number of unbranched alkanes of at least 4 members (excludes halogenated alkanes) is 1. The maximum atomic E-state index is 14.9. The normalized spacial score (nSPS) is 14.3. The van der Waals surface area contributed by atoms with Crippen molar-refractivity contribution in [2.24, 2.45) is 40.5 Å². The number of aliphatic hydroxyl groups is 1. The van der Waals surface area contributed by atoms with Gasteiger partial charge in [0.25, 0.3) is 0 Å². The van der Waals surface area contributed by atoms with Crippen LogP contribution < -0.4 is 103 Å². The third-order valence-electron chi connectivity index (χ3n) is 20.3. The number of amides is 15. The van der Waals surface area contributed by atoms with Gasteiger partial charge in [-0.25, -0.2) is 9.78 Å². The summed E-state index contributed by atoms with van der Waals surface area (Å²) in [6.07, 6.45) is -2.64. The first-order chi connectivity index (χ1) is 62.0. The summed E-state index contributed by atoms with van der Waals surface area (Å²) < 4.78 is 0. The number of carbonyl (C=O) groups excluding carboxylic acids is 15. The van der Waals surface area contributed by atoms with Crippen LogP contribution >= 0.6 is 12.6 Å². The number of imidazole rings is 1. The van der Waals surface area contributed by atoms with E-state index in [0.29, 0.717) is 16.7 Å². The average Bonchev–Trinajstić information content (AvgIpc) is 1.74. The molecule has 714 valence electrons. The molecule has 5 rings (SSSR count). The number of aromatic amines is 1. The number of phenolic OH excluding ortho intramolecular Hbond substituents is 4. The van der Waals surface area contributed by atoms with E-state index >= 15 is 0 Å². The molecule has 0 bridgehead atoms. The summed E-state index contributed by atoms with van der Waals surface area (Å²) in [6, 6.07) is -1.53. The lowest BCUT2D eigenvalue weighted by Gasteiger charge is -2.29. The number of aromatic hydroxyl groups is 4. The molecule has 15 amide bonds. The van der Waals surface area contributed by atoms with Crippen LogP contribution in [0.3, 0.4) is 0 Å². The quantitative estimate of drug-likeness (QED) is 0.00746. The number of carboxylic acids is 2. The van der Waals surface area contributed by atoms with E-state index in [1.165, 1.54) is 123 Å². The zero-order valence-electron chi connectivity index (χ0n) is 72.4. The Labute approximate surface area is 757 Å². The van der Waals surface area contributed by atoms with Crippen LogP contribution in [0, 0.1) is 17.2 Å². The van der Waals surface area contributed by atoms with E-state index in [-0.39, 0.29) is 98.7 Å². The second-order valence-corrected chi connectivity index (χ2v) is 31.9. The van der Waals surface area contributed by atoms with Gasteiger partial charge >= 0.3 is 11.9 Å². The average molecular weight is 1850 g/mol. The summed E-state index contributed by atoms with van der Waals surface area (Å²) in [6.45, 7) is 4.89. The highest BCUT2D eigenvalue weighted by Crippen LogP contribution is 2.20. The molecule has 0 saturated heterocycles. The highest BCUT2D eigenvalue weighted by Gasteiger charge is 2.40. The lowest BCUT2D eigenvalue weighted by atomic mass is 10.00. The number of benzene rings is 4. The van der Waals surface area contributed by atoms with Gasteiger partial charge in [0, 0.05) is 62.7 Å². The lowest BCUT2D eigenvalue weighted by Crippen LogP contribution is -2.62. The summed E-state index contributed by atoms with van der Waals surface area (Å²) in [4.78, 5) is 243. The van der Waals surface area contributed by atoms with Gasteiger partial charge in [0.1, 0.15) is 102 Å². The molecular weight excluding hydrogens is 1730 g/mol. The van der Waals surface area contributed by atoms with E-state index in [2.05, 4.69) is 97.0 Å². The molecule has 4 aromatic carbocycles. The number of hydrogen-bond acceptors (Lipinski definition) is 27. The van der Waals surface area contributed by atoms with Gasteiger partial charge in [0.15, 0.2) is 5.96 Å². The molecule has 14 atom stereocenters. The molecule has 0 unspecified atom stereocenters. The number of carbonyl (C=O) groups is 17. The monoisotopic (exact) mass is 1850 g/mol. The number of nitrogens with zero attached hydrogens (tertiary/aromatic N) is 1. The van der Waals surface area contributed by atoms with Gasteiger partial charge in [-0.3, -0.25) is 82.1 Å². The van der Waals surface area contributed by atoms with Crippen molar-refractivity contribution >= 4 is 119 Å². The Morgan fingerprint density at radius 1 is 0.397 bits per heavy atom. The molecule has 33 N–H and O–H groups in total. The van der Waals surface area contributed by atoms with Crippen molar-refractivity contribution in [3.63, 3.8) is 0 Å². The Balaban J connectivity index is 1.38. The number of carboxylic acid groups (broad SMARTS) is 2. The molecule has 0 aliphatic heterocycles. The Bertz CT molecular complexity index is 4730. The number of nitrogens with two attached hydrogens (primary N) is 5. The maximum Gasteiger partial charge on any atom is 0.326 e. The number of rotatable bonds is 57. The van der Waals surface area contributed by atoms with E-state index in [1.807, 2.05) is 0 Å². The highest BCUT2D eigenvalue weighted by atomic mass is 32.1. The van der Waals surface area contributed by atoms with Crippen molar-refractivity contribution in [2.75, 3.05) is 25.4 Å². The lowest BCUT2D eigenvalue weighted by molar-refractivity contribution is -0.142. The van der Waals surface area contributed by atoms with Crippen molar-refractivity contribution in [2.45, 2.75) is 209 Å². The number of aliphatic hydroxyl groups excluding tert-OH is 1. The van der Waals surface area contributed by atoms with Gasteiger partial charge in [-0.15, -0.1) is 0 Å². The number of primary amides is 2. The Morgan fingerprint density at radius 2 is 0.733 bits per heavy atom.